The molecule has 0 unspecified atom stereocenters. The third kappa shape index (κ3) is 2.89. The first kappa shape index (κ1) is 12.2. The maximum Gasteiger partial charge on any atom is 0.278 e. The van der Waals surface area contributed by atoms with E-state index in [4.69, 9.17) is 5.73 Å². The van der Waals surface area contributed by atoms with E-state index in [0.717, 1.165) is 5.56 Å². The van der Waals surface area contributed by atoms with E-state index in [0.29, 0.717) is 18.9 Å². The lowest BCUT2D eigenvalue weighted by Gasteiger charge is -2.01. The largest absolute Gasteiger partial charge is 0.329 e. The quantitative estimate of drug-likeness (QED) is 0.802. The Kier molecular flexibility index (Phi) is 3.63. The molecule has 2 heterocycles. The van der Waals surface area contributed by atoms with E-state index in [1.807, 2.05) is 13.0 Å². The van der Waals surface area contributed by atoms with Gasteiger partial charge in [0.15, 0.2) is 5.69 Å². The third-order valence-electron chi connectivity index (χ3n) is 2.28. The minimum Gasteiger partial charge on any atom is -0.329 e. The fraction of sp³-hybridized carbons (Fsp3) is 0.273. The van der Waals surface area contributed by atoms with Gasteiger partial charge in [-0.1, -0.05) is 11.3 Å². The van der Waals surface area contributed by atoms with Gasteiger partial charge in [-0.05, 0) is 18.6 Å². The van der Waals surface area contributed by atoms with Crippen LogP contribution in [0.25, 0.3) is 0 Å². The zero-order chi connectivity index (χ0) is 13.0. The van der Waals surface area contributed by atoms with Crippen molar-refractivity contribution in [3.05, 3.63) is 35.8 Å². The summed E-state index contributed by atoms with van der Waals surface area (Å²) >= 11 is 0. The number of hydrogen-bond acceptors (Lipinski definition) is 5. The number of anilines is 1. The molecule has 18 heavy (non-hydrogen) atoms. The zero-order valence-corrected chi connectivity index (χ0v) is 10.00. The van der Waals surface area contributed by atoms with Gasteiger partial charge in [-0.2, -0.15) is 0 Å². The first-order valence-electron chi connectivity index (χ1n) is 5.53. The van der Waals surface area contributed by atoms with Gasteiger partial charge < -0.3 is 11.1 Å². The van der Waals surface area contributed by atoms with E-state index >= 15 is 0 Å². The van der Waals surface area contributed by atoms with E-state index in [1.165, 1.54) is 4.68 Å². The number of amides is 1. The first-order valence-corrected chi connectivity index (χ1v) is 5.53. The Morgan fingerprint density at radius 1 is 1.50 bits per heavy atom. The fourth-order valence-corrected chi connectivity index (χ4v) is 1.37. The van der Waals surface area contributed by atoms with Gasteiger partial charge in [0.05, 0.1) is 12.7 Å². The van der Waals surface area contributed by atoms with Crippen molar-refractivity contribution in [2.24, 2.45) is 5.73 Å². The molecule has 0 fully saturated rings. The van der Waals surface area contributed by atoms with Crippen LogP contribution in [0, 0.1) is 6.92 Å². The average Bonchev–Trinajstić information content (AvgIpc) is 2.81. The highest BCUT2D eigenvalue weighted by Crippen LogP contribution is 2.05. The highest BCUT2D eigenvalue weighted by atomic mass is 16.2. The van der Waals surface area contributed by atoms with Crippen LogP contribution < -0.4 is 11.1 Å². The summed E-state index contributed by atoms with van der Waals surface area (Å²) in [5.74, 6) is 0.147. The number of aryl methyl sites for hydroxylation is 1. The molecular formula is C11H14N6O. The number of carbonyl (C=O) groups excluding carboxylic acids is 1. The summed E-state index contributed by atoms with van der Waals surface area (Å²) in [6.45, 7) is 2.91. The van der Waals surface area contributed by atoms with Crippen molar-refractivity contribution in [2.75, 3.05) is 11.9 Å². The van der Waals surface area contributed by atoms with Gasteiger partial charge in [-0.15, -0.1) is 5.10 Å². The van der Waals surface area contributed by atoms with Crippen molar-refractivity contribution in [3.8, 4) is 0 Å². The number of carbonyl (C=O) groups is 1. The summed E-state index contributed by atoms with van der Waals surface area (Å²) in [4.78, 5) is 15.9. The lowest BCUT2D eigenvalue weighted by molar-refractivity contribution is 0.102. The maximum absolute atomic E-state index is 11.8. The molecule has 0 aliphatic carbocycles. The molecule has 7 nitrogen and oxygen atoms in total. The van der Waals surface area contributed by atoms with Crippen molar-refractivity contribution < 1.29 is 4.79 Å². The second-order valence-corrected chi connectivity index (χ2v) is 3.83. The topological polar surface area (TPSA) is 98.7 Å². The van der Waals surface area contributed by atoms with Crippen molar-refractivity contribution in [2.45, 2.75) is 13.5 Å². The van der Waals surface area contributed by atoms with Gasteiger partial charge >= 0.3 is 0 Å². The van der Waals surface area contributed by atoms with Gasteiger partial charge in [-0.3, -0.25) is 9.48 Å². The van der Waals surface area contributed by atoms with Crippen LogP contribution in [0.15, 0.2) is 24.5 Å². The molecule has 0 atom stereocenters. The fourth-order valence-electron chi connectivity index (χ4n) is 1.37. The van der Waals surface area contributed by atoms with Gasteiger partial charge in [-0.25, -0.2) is 4.98 Å². The first-order chi connectivity index (χ1) is 8.69. The average molecular weight is 246 g/mol. The molecule has 0 saturated heterocycles. The summed E-state index contributed by atoms with van der Waals surface area (Å²) in [6, 6.07) is 3.60. The van der Waals surface area contributed by atoms with E-state index in [9.17, 15) is 4.79 Å². The predicted octanol–water partition coefficient (Wildman–Crippen LogP) is 0.193. The van der Waals surface area contributed by atoms with Gasteiger partial charge in [0, 0.05) is 12.7 Å². The second kappa shape index (κ2) is 5.37. The normalized spacial score (nSPS) is 10.3. The minimum absolute atomic E-state index is 0.242. The monoisotopic (exact) mass is 246 g/mol. The zero-order valence-electron chi connectivity index (χ0n) is 10.00. The van der Waals surface area contributed by atoms with Crippen LogP contribution in [-0.4, -0.2) is 32.4 Å². The second-order valence-electron chi connectivity index (χ2n) is 3.83. The number of aromatic nitrogens is 4. The van der Waals surface area contributed by atoms with E-state index in [1.54, 1.807) is 18.5 Å². The molecule has 94 valence electrons. The van der Waals surface area contributed by atoms with Crippen LogP contribution in [0.4, 0.5) is 5.82 Å². The summed E-state index contributed by atoms with van der Waals surface area (Å²) in [6.07, 6.45) is 3.23. The SMILES string of the molecule is Cc1ccc(NC(=O)c2cn(CCN)nn2)nc1. The predicted molar refractivity (Wildman–Crippen MR) is 66.0 cm³/mol. The molecular weight excluding hydrogens is 232 g/mol. The highest BCUT2D eigenvalue weighted by Gasteiger charge is 2.11. The Balaban J connectivity index is 2.04. The van der Waals surface area contributed by atoms with Crippen LogP contribution >= 0.6 is 0 Å². The number of rotatable bonds is 4. The molecule has 0 aromatic carbocycles. The molecule has 0 bridgehead atoms. The Morgan fingerprint density at radius 3 is 3.00 bits per heavy atom. The molecule has 0 radical (unpaired) electrons. The molecule has 7 heteroatoms. The Bertz CT molecular complexity index is 533. The summed E-state index contributed by atoms with van der Waals surface area (Å²) < 4.78 is 1.53. The molecule has 2 aromatic rings. The van der Waals surface area contributed by atoms with Crippen LogP contribution in [0.1, 0.15) is 16.1 Å². The third-order valence-corrected chi connectivity index (χ3v) is 2.28. The van der Waals surface area contributed by atoms with Crippen molar-refractivity contribution >= 4 is 11.7 Å². The van der Waals surface area contributed by atoms with Crippen LogP contribution in [0.3, 0.4) is 0 Å². The van der Waals surface area contributed by atoms with Gasteiger partial charge in [0.25, 0.3) is 5.91 Å². The summed E-state index contributed by atoms with van der Waals surface area (Å²) in [7, 11) is 0. The molecule has 0 spiro atoms. The van der Waals surface area contributed by atoms with E-state index in [-0.39, 0.29) is 11.6 Å². The summed E-state index contributed by atoms with van der Waals surface area (Å²) in [5, 5.41) is 10.2. The molecule has 0 aliphatic heterocycles. The Morgan fingerprint density at radius 2 is 2.33 bits per heavy atom. The molecule has 3 N–H and O–H groups in total. The van der Waals surface area contributed by atoms with Crippen LogP contribution in [0.2, 0.25) is 0 Å². The van der Waals surface area contributed by atoms with Crippen molar-refractivity contribution in [1.29, 1.82) is 0 Å². The number of hydrogen-bond donors (Lipinski definition) is 2. The van der Waals surface area contributed by atoms with E-state index in [2.05, 4.69) is 20.6 Å². The lowest BCUT2D eigenvalue weighted by Crippen LogP contribution is -2.13. The van der Waals surface area contributed by atoms with E-state index < -0.39 is 0 Å². The molecule has 0 aliphatic rings. The van der Waals surface area contributed by atoms with Crippen LogP contribution in [-0.2, 0) is 6.54 Å². The Labute approximate surface area is 104 Å². The number of nitrogens with zero attached hydrogens (tertiary/aromatic N) is 4. The molecule has 1 amide bonds. The highest BCUT2D eigenvalue weighted by molar-refractivity contribution is 6.01. The molecule has 2 rings (SSSR count). The maximum atomic E-state index is 11.8. The molecule has 0 saturated carbocycles. The minimum atomic E-state index is -0.338. The van der Waals surface area contributed by atoms with Gasteiger partial charge in [0.2, 0.25) is 0 Å². The molecule has 2 aromatic heterocycles. The number of nitrogens with two attached hydrogens (primary N) is 1. The van der Waals surface area contributed by atoms with Crippen molar-refractivity contribution in [3.63, 3.8) is 0 Å². The number of pyridine rings is 1. The smallest absolute Gasteiger partial charge is 0.278 e. The van der Waals surface area contributed by atoms with Gasteiger partial charge in [0.1, 0.15) is 5.82 Å². The number of nitrogens with one attached hydrogen (secondary N) is 1. The van der Waals surface area contributed by atoms with Crippen molar-refractivity contribution in [1.82, 2.24) is 20.0 Å². The lowest BCUT2D eigenvalue weighted by atomic mass is 10.3. The summed E-state index contributed by atoms with van der Waals surface area (Å²) in [5.41, 5.74) is 6.66. The Hall–Kier alpha value is -2.28. The van der Waals surface area contributed by atoms with Crippen LogP contribution in [0.5, 0.6) is 0 Å². The standard InChI is InChI=1S/C11H14N6O/c1-8-2-3-10(13-6-8)14-11(18)9-7-17(5-4-12)16-15-9/h2-3,6-7H,4-5,12H2,1H3,(H,13,14,18).